The molecule has 2 aliphatic carbocycles. The summed E-state index contributed by atoms with van der Waals surface area (Å²) in [5.41, 5.74) is 3.51. The van der Waals surface area contributed by atoms with Gasteiger partial charge < -0.3 is 14.7 Å². The number of likely N-dealkylation sites (tertiary alicyclic amines) is 1. The van der Waals surface area contributed by atoms with Gasteiger partial charge in [-0.2, -0.15) is 5.26 Å². The molecule has 4 aliphatic rings. The van der Waals surface area contributed by atoms with Crippen LogP contribution >= 0.6 is 0 Å². The van der Waals surface area contributed by atoms with Crippen molar-refractivity contribution in [1.82, 2.24) is 19.7 Å². The lowest BCUT2D eigenvalue weighted by Gasteiger charge is -2.37. The van der Waals surface area contributed by atoms with E-state index in [1.54, 1.807) is 6.20 Å². The number of hydrogen-bond donors (Lipinski definition) is 0. The Hall–Kier alpha value is -2.72. The number of hydrogen-bond acceptors (Lipinski definition) is 6. The maximum Gasteiger partial charge on any atom is 0.272 e. The normalized spacial score (nSPS) is 23.4. The van der Waals surface area contributed by atoms with Crippen LogP contribution in [0.5, 0.6) is 0 Å². The topological polar surface area (TPSA) is 80.5 Å². The highest BCUT2D eigenvalue weighted by Gasteiger charge is 2.45. The number of carbonyl (C=O) groups is 2. The number of piperazine rings is 1. The van der Waals surface area contributed by atoms with Crippen LogP contribution in [-0.4, -0.2) is 77.7 Å². The lowest BCUT2D eigenvalue weighted by atomic mass is 9.86. The van der Waals surface area contributed by atoms with Gasteiger partial charge in [-0.05, 0) is 49.8 Å². The highest BCUT2D eigenvalue weighted by molar-refractivity contribution is 6.10. The zero-order valence-electron chi connectivity index (χ0n) is 17.5. The van der Waals surface area contributed by atoms with Gasteiger partial charge in [0.1, 0.15) is 17.3 Å². The predicted octanol–water partition coefficient (Wildman–Crippen LogP) is 1.71. The van der Waals surface area contributed by atoms with Gasteiger partial charge >= 0.3 is 0 Å². The van der Waals surface area contributed by atoms with Crippen molar-refractivity contribution in [2.24, 2.45) is 5.41 Å². The van der Waals surface area contributed by atoms with Gasteiger partial charge in [0.15, 0.2) is 5.78 Å². The van der Waals surface area contributed by atoms with Crippen LogP contribution in [0.15, 0.2) is 17.8 Å². The molecule has 156 valence electrons. The summed E-state index contributed by atoms with van der Waals surface area (Å²) in [5.74, 6) is -0.220. The Balaban J connectivity index is 1.48. The molecule has 0 N–H and O–H groups in total. The number of piperidine rings is 1. The summed E-state index contributed by atoms with van der Waals surface area (Å²) in [7, 11) is 2.06. The van der Waals surface area contributed by atoms with Gasteiger partial charge in [0, 0.05) is 57.4 Å². The minimum atomic E-state index is -0.147. The van der Waals surface area contributed by atoms with E-state index in [2.05, 4.69) is 27.9 Å². The lowest BCUT2D eigenvalue weighted by molar-refractivity contribution is -0.114. The molecular weight excluding hydrogens is 378 g/mol. The van der Waals surface area contributed by atoms with E-state index in [1.807, 2.05) is 11.0 Å². The zero-order valence-corrected chi connectivity index (χ0v) is 17.5. The molecule has 0 bridgehead atoms. The van der Waals surface area contributed by atoms with Gasteiger partial charge in [0.05, 0.1) is 5.70 Å². The first-order valence-corrected chi connectivity index (χ1v) is 10.9. The first-order chi connectivity index (χ1) is 14.5. The summed E-state index contributed by atoms with van der Waals surface area (Å²) >= 11 is 0. The maximum atomic E-state index is 13.1. The van der Waals surface area contributed by atoms with E-state index in [1.165, 1.54) is 12.8 Å². The van der Waals surface area contributed by atoms with E-state index < -0.39 is 0 Å². The second kappa shape index (κ2) is 7.21. The van der Waals surface area contributed by atoms with Crippen molar-refractivity contribution >= 4 is 17.4 Å². The molecule has 0 unspecified atom stereocenters. The van der Waals surface area contributed by atoms with Gasteiger partial charge in [0.25, 0.3) is 5.91 Å². The smallest absolute Gasteiger partial charge is 0.272 e. The molecule has 1 aromatic rings. The van der Waals surface area contributed by atoms with E-state index in [0.717, 1.165) is 50.1 Å². The Kier molecular flexibility index (Phi) is 4.62. The molecule has 3 fully saturated rings. The van der Waals surface area contributed by atoms with Crippen molar-refractivity contribution in [2.75, 3.05) is 46.3 Å². The molecule has 1 aromatic heterocycles. The summed E-state index contributed by atoms with van der Waals surface area (Å²) < 4.78 is 0. The number of nitrogens with zero attached hydrogens (tertiary/aromatic N) is 5. The van der Waals surface area contributed by atoms with Crippen molar-refractivity contribution in [3.05, 3.63) is 34.7 Å². The monoisotopic (exact) mass is 405 g/mol. The van der Waals surface area contributed by atoms with Crippen LogP contribution < -0.4 is 0 Å². The average Bonchev–Trinajstić information content (AvgIpc) is 3.52. The van der Waals surface area contributed by atoms with Crippen LogP contribution in [0.3, 0.4) is 0 Å². The Morgan fingerprint density at radius 1 is 1.10 bits per heavy atom. The molecule has 7 nitrogen and oxygen atoms in total. The van der Waals surface area contributed by atoms with Crippen LogP contribution in [-0.2, 0) is 11.2 Å². The van der Waals surface area contributed by atoms with Gasteiger partial charge in [0.2, 0.25) is 0 Å². The van der Waals surface area contributed by atoms with Gasteiger partial charge in [-0.1, -0.05) is 0 Å². The predicted molar refractivity (Wildman–Crippen MR) is 111 cm³/mol. The van der Waals surface area contributed by atoms with E-state index in [9.17, 15) is 14.9 Å². The number of rotatable bonds is 2. The fourth-order valence-electron chi connectivity index (χ4n) is 4.99. The number of pyridine rings is 1. The third kappa shape index (κ3) is 3.29. The highest BCUT2D eigenvalue weighted by atomic mass is 16.2. The highest BCUT2D eigenvalue weighted by Crippen LogP contribution is 2.54. The number of Topliss-reactive ketones (excluding diaryl/α,β-unsaturated/α-hetero) is 1. The van der Waals surface area contributed by atoms with Gasteiger partial charge in [-0.15, -0.1) is 0 Å². The van der Waals surface area contributed by atoms with Crippen LogP contribution in [0.1, 0.15) is 47.3 Å². The van der Waals surface area contributed by atoms with Crippen molar-refractivity contribution in [1.29, 1.82) is 5.26 Å². The fraction of sp³-hybridized carbons (Fsp3) is 0.565. The Bertz CT molecular complexity index is 970. The van der Waals surface area contributed by atoms with E-state index in [0.29, 0.717) is 29.9 Å². The Morgan fingerprint density at radius 2 is 1.80 bits per heavy atom. The molecule has 30 heavy (non-hydrogen) atoms. The number of allylic oxidation sites excluding steroid dienone is 1. The molecule has 3 heterocycles. The molecule has 7 heteroatoms. The number of likely N-dealkylation sites (N-methyl/N-ethyl adjacent to an activating group) is 1. The lowest BCUT2D eigenvalue weighted by Crippen LogP contribution is -2.47. The molecule has 5 rings (SSSR count). The summed E-state index contributed by atoms with van der Waals surface area (Å²) in [6.45, 7) is 4.79. The number of ketones is 1. The van der Waals surface area contributed by atoms with Crippen LogP contribution in [0, 0.1) is 16.7 Å². The van der Waals surface area contributed by atoms with Crippen LogP contribution in [0.4, 0.5) is 0 Å². The summed E-state index contributed by atoms with van der Waals surface area (Å²) in [6.07, 6.45) is 6.66. The van der Waals surface area contributed by atoms with E-state index in [-0.39, 0.29) is 23.7 Å². The summed E-state index contributed by atoms with van der Waals surface area (Å²) in [5, 5.41) is 9.76. The first-order valence-electron chi connectivity index (χ1n) is 10.9. The molecule has 2 aliphatic heterocycles. The second-order valence-corrected chi connectivity index (χ2v) is 9.24. The molecule has 0 radical (unpaired) electrons. The zero-order chi connectivity index (χ0) is 20.9. The molecule has 1 spiro atoms. The molecule has 0 atom stereocenters. The standard InChI is InChI=1S/C23H27N5O2/c1-26-8-10-28(11-9-26)22(30)19-13-17-16(15-25-19)12-20(29)18(14-24)21(17)27-6-4-23(2-3-23)5-7-27/h13,15H,2-12H2,1H3. The summed E-state index contributed by atoms with van der Waals surface area (Å²) in [4.78, 5) is 36.4. The molecular formula is C23H27N5O2. The maximum absolute atomic E-state index is 13.1. The quantitative estimate of drug-likeness (QED) is 0.745. The SMILES string of the molecule is CN1CCN(C(=O)c2cc3c(cn2)CC(=O)C(C#N)=C3N2CCC3(CC2)CC3)CC1. The number of amides is 1. The molecule has 1 saturated carbocycles. The van der Waals surface area contributed by atoms with E-state index in [4.69, 9.17) is 0 Å². The fourth-order valence-corrected chi connectivity index (χ4v) is 4.99. The third-order valence-electron chi connectivity index (χ3n) is 7.33. The van der Waals surface area contributed by atoms with Crippen molar-refractivity contribution in [2.45, 2.75) is 32.1 Å². The van der Waals surface area contributed by atoms with Crippen LogP contribution in [0.2, 0.25) is 0 Å². The summed E-state index contributed by atoms with van der Waals surface area (Å²) in [6, 6.07) is 3.98. The minimum absolute atomic E-state index is 0.0729. The number of aromatic nitrogens is 1. The molecule has 1 amide bonds. The molecule has 0 aromatic carbocycles. The number of nitriles is 1. The Labute approximate surface area is 177 Å². The number of carbonyl (C=O) groups excluding carboxylic acids is 2. The second-order valence-electron chi connectivity index (χ2n) is 9.24. The van der Waals surface area contributed by atoms with Crippen LogP contribution in [0.25, 0.3) is 5.70 Å². The van der Waals surface area contributed by atoms with Gasteiger partial charge in [-0.25, -0.2) is 0 Å². The van der Waals surface area contributed by atoms with Gasteiger partial charge in [-0.3, -0.25) is 14.6 Å². The van der Waals surface area contributed by atoms with Crippen molar-refractivity contribution < 1.29 is 9.59 Å². The number of fused-ring (bicyclic) bond motifs is 1. The van der Waals surface area contributed by atoms with Crippen molar-refractivity contribution in [3.8, 4) is 6.07 Å². The minimum Gasteiger partial charge on any atom is -0.370 e. The molecule has 2 saturated heterocycles. The largest absolute Gasteiger partial charge is 0.370 e. The van der Waals surface area contributed by atoms with Crippen molar-refractivity contribution in [3.63, 3.8) is 0 Å². The van der Waals surface area contributed by atoms with E-state index >= 15 is 0 Å². The Morgan fingerprint density at radius 3 is 2.43 bits per heavy atom. The average molecular weight is 406 g/mol. The third-order valence-corrected chi connectivity index (χ3v) is 7.33. The first kappa shape index (κ1) is 19.3.